The van der Waals surface area contributed by atoms with E-state index in [4.69, 9.17) is 59.8 Å². The zero-order chi connectivity index (χ0) is 78.0. The fourth-order valence-electron chi connectivity index (χ4n) is 15.0. The summed E-state index contributed by atoms with van der Waals surface area (Å²) in [5.41, 5.74) is 7.43. The summed E-state index contributed by atoms with van der Waals surface area (Å²) in [6.07, 6.45) is -5.20. The van der Waals surface area contributed by atoms with Gasteiger partial charge < -0.3 is 9.13 Å². The van der Waals surface area contributed by atoms with Gasteiger partial charge >= 0.3 is 6.18 Å². The molecule has 116 heavy (non-hydrogen) atoms. The second-order valence-corrected chi connectivity index (χ2v) is 27.8. The summed E-state index contributed by atoms with van der Waals surface area (Å²) < 4.78 is 87.9. The number of rotatable bonds is 15. The lowest BCUT2D eigenvalue weighted by Crippen LogP contribution is -2.12. The van der Waals surface area contributed by atoms with Gasteiger partial charge in [0.25, 0.3) is 0 Å². The molecule has 6 aromatic heterocycles. The largest absolute Gasteiger partial charge is 0.417 e. The van der Waals surface area contributed by atoms with E-state index in [0.29, 0.717) is 141 Å². The lowest BCUT2D eigenvalue weighted by Gasteiger charge is -2.22. The highest BCUT2D eigenvalue weighted by Gasteiger charge is 2.37. The molecule has 0 amide bonds. The average molecular weight is 1510 g/mol. The summed E-state index contributed by atoms with van der Waals surface area (Å²) in [5, 5.41) is 2.52. The third kappa shape index (κ3) is 13.1. The highest BCUT2D eigenvalue weighted by atomic mass is 19.4. The van der Waals surface area contributed by atoms with Crippen molar-refractivity contribution in [1.29, 1.82) is 0 Å². The smallest absolute Gasteiger partial charge is 0.307 e. The van der Waals surface area contributed by atoms with Gasteiger partial charge in [0.1, 0.15) is 11.6 Å². The topological polar surface area (TPSA) is 165 Å². The molecule has 20 rings (SSSR count). The minimum atomic E-state index is -5.20. The van der Waals surface area contributed by atoms with Crippen LogP contribution in [-0.2, 0) is 6.18 Å². The second-order valence-electron chi connectivity index (χ2n) is 27.8. The molecular weight excluding hydrogens is 1460 g/mol. The SMILES string of the molecule is Fc1cc(F)cc(-c2cc(-n3c4cc(-c5nc(-c6ccccc6)nc(-c6ccccc6)n5)ccc4c4ccc(-c5nc(-c6ccccc6)nc(-c6ccccc6)n5)cc43)c(-n3c4cc(-c5nc(-c6ccccc6)nc(-c6ccccc6)n5)ccc4c4ccc(-c5nc(-c6ccccc6)nc(-c6ccccc6)n5)cc43)cc2C(F)(F)F)c1. The number of benzene rings is 14. The van der Waals surface area contributed by atoms with Gasteiger partial charge in [0.05, 0.1) is 39.0 Å². The van der Waals surface area contributed by atoms with E-state index in [1.807, 2.05) is 320 Å². The number of hydrogen-bond acceptors (Lipinski definition) is 12. The molecule has 0 bridgehead atoms. The van der Waals surface area contributed by atoms with Crippen LogP contribution < -0.4 is 0 Å². The Labute approximate surface area is 659 Å². The van der Waals surface area contributed by atoms with Crippen LogP contribution in [0.2, 0.25) is 0 Å². The lowest BCUT2D eigenvalue weighted by atomic mass is 9.96. The Kier molecular flexibility index (Phi) is 17.3. The van der Waals surface area contributed by atoms with Crippen LogP contribution in [0.3, 0.4) is 0 Å². The van der Waals surface area contributed by atoms with Gasteiger partial charge in [0, 0.05) is 94.4 Å². The van der Waals surface area contributed by atoms with Crippen molar-refractivity contribution in [2.24, 2.45) is 0 Å². The Hall–Kier alpha value is -15.6. The number of hydrogen-bond donors (Lipinski definition) is 0. The standard InChI is InChI=1S/C97H57F5N14/c98-71-49-70(50-72(99)55-71)77-56-83(115-79-51-66(93-107-85(58-25-9-1-10-26-58)103-86(108-93)59-27-11-2-12-28-59)41-45-73(79)74-46-42-67(52-80(74)115)94-109-87(60-29-13-3-14-30-60)104-88(110-94)61-31-15-4-16-32-61)84(57-78(77)97(100,101)102)116-81-53-68(95-111-89(62-33-17-5-18-34-62)105-90(112-95)63-35-19-6-20-36-63)43-47-75(81)76-48-44-69(54-82(76)116)96-113-91(64-37-21-7-22-38-64)106-92(114-96)65-39-23-8-24-40-65/h1-57H. The van der Waals surface area contributed by atoms with Crippen LogP contribution in [0.5, 0.6) is 0 Å². The van der Waals surface area contributed by atoms with Crippen molar-refractivity contribution in [2.45, 2.75) is 6.18 Å². The van der Waals surface area contributed by atoms with Gasteiger partial charge in [-0.15, -0.1) is 0 Å². The van der Waals surface area contributed by atoms with Crippen LogP contribution in [0.1, 0.15) is 5.56 Å². The zero-order valence-electron chi connectivity index (χ0n) is 61.1. The molecule has 0 saturated heterocycles. The summed E-state index contributed by atoms with van der Waals surface area (Å²) >= 11 is 0. The van der Waals surface area contributed by atoms with Gasteiger partial charge in [-0.05, 0) is 59.7 Å². The summed E-state index contributed by atoms with van der Waals surface area (Å²) in [7, 11) is 0. The fourth-order valence-corrected chi connectivity index (χ4v) is 15.0. The molecule has 0 aliphatic rings. The van der Waals surface area contributed by atoms with Crippen molar-refractivity contribution in [1.82, 2.24) is 68.9 Å². The monoisotopic (exact) mass is 1510 g/mol. The molecule has 0 aliphatic carbocycles. The van der Waals surface area contributed by atoms with Crippen LogP contribution in [0, 0.1) is 11.6 Å². The molecule has 0 aliphatic heterocycles. The van der Waals surface area contributed by atoms with Crippen LogP contribution in [0.4, 0.5) is 22.0 Å². The van der Waals surface area contributed by atoms with E-state index < -0.39 is 28.9 Å². The van der Waals surface area contributed by atoms with Crippen molar-refractivity contribution < 1.29 is 22.0 Å². The normalized spacial score (nSPS) is 11.7. The molecule has 0 saturated carbocycles. The molecular formula is C97H57F5N14. The van der Waals surface area contributed by atoms with Gasteiger partial charge in [0.2, 0.25) is 0 Å². The first-order valence-electron chi connectivity index (χ1n) is 37.3. The number of aromatic nitrogens is 14. The average Bonchev–Trinajstić information content (AvgIpc) is 1.54. The van der Waals surface area contributed by atoms with E-state index in [9.17, 15) is 0 Å². The van der Waals surface area contributed by atoms with Crippen LogP contribution in [0.15, 0.2) is 346 Å². The molecule has 0 fully saturated rings. The molecule has 550 valence electrons. The molecule has 6 heterocycles. The molecule has 14 nitrogen and oxygen atoms in total. The van der Waals surface area contributed by atoms with Crippen molar-refractivity contribution >= 4 is 43.6 Å². The minimum absolute atomic E-state index is 0.0335. The maximum absolute atomic E-state index is 17.3. The highest BCUT2D eigenvalue weighted by Crippen LogP contribution is 2.48. The third-order valence-electron chi connectivity index (χ3n) is 20.4. The zero-order valence-corrected chi connectivity index (χ0v) is 61.1. The summed E-state index contributed by atoms with van der Waals surface area (Å²) in [4.78, 5) is 61.6. The number of halogens is 5. The highest BCUT2D eigenvalue weighted by molar-refractivity contribution is 6.14. The summed E-state index contributed by atoms with van der Waals surface area (Å²) in [6, 6.07) is 104. The minimum Gasteiger partial charge on any atom is -0.307 e. The Morgan fingerprint density at radius 2 is 0.388 bits per heavy atom. The number of fused-ring (bicyclic) bond motifs is 6. The predicted octanol–water partition coefficient (Wildman–Crippen LogP) is 23.6. The van der Waals surface area contributed by atoms with Gasteiger partial charge in [0.15, 0.2) is 69.9 Å². The Bertz CT molecular complexity index is 6570. The molecule has 14 aromatic carbocycles. The van der Waals surface area contributed by atoms with Crippen LogP contribution in [-0.4, -0.2) is 68.9 Å². The maximum atomic E-state index is 17.3. The molecule has 0 atom stereocenters. The van der Waals surface area contributed by atoms with E-state index in [1.165, 1.54) is 6.07 Å². The van der Waals surface area contributed by atoms with E-state index in [0.717, 1.165) is 40.5 Å². The summed E-state index contributed by atoms with van der Waals surface area (Å²) in [5.74, 6) is 1.96. The Balaban J connectivity index is 0.929. The predicted molar refractivity (Wildman–Crippen MR) is 444 cm³/mol. The second kappa shape index (κ2) is 28.9. The first kappa shape index (κ1) is 69.6. The van der Waals surface area contributed by atoms with E-state index in [1.54, 1.807) is 4.57 Å². The molecule has 0 radical (unpaired) electrons. The number of alkyl halides is 3. The van der Waals surface area contributed by atoms with Crippen molar-refractivity contribution in [3.05, 3.63) is 363 Å². The van der Waals surface area contributed by atoms with Gasteiger partial charge in [-0.25, -0.2) is 68.6 Å². The van der Waals surface area contributed by atoms with Crippen LogP contribution >= 0.6 is 0 Å². The fraction of sp³-hybridized carbons (Fsp3) is 0.0103. The van der Waals surface area contributed by atoms with Gasteiger partial charge in [-0.3, -0.25) is 0 Å². The number of nitrogens with zero attached hydrogens (tertiary/aromatic N) is 14. The molecule has 0 unspecified atom stereocenters. The van der Waals surface area contributed by atoms with Crippen LogP contribution in [0.25, 0.3) is 203 Å². The van der Waals surface area contributed by atoms with E-state index in [-0.39, 0.29) is 40.2 Å². The first-order valence-corrected chi connectivity index (χ1v) is 37.3. The van der Waals surface area contributed by atoms with Crippen molar-refractivity contribution in [3.8, 4) is 159 Å². The van der Waals surface area contributed by atoms with Gasteiger partial charge in [-0.1, -0.05) is 291 Å². The summed E-state index contributed by atoms with van der Waals surface area (Å²) in [6.45, 7) is 0. The van der Waals surface area contributed by atoms with E-state index in [2.05, 4.69) is 0 Å². The van der Waals surface area contributed by atoms with Gasteiger partial charge in [-0.2, -0.15) is 13.2 Å². The van der Waals surface area contributed by atoms with Crippen molar-refractivity contribution in [2.75, 3.05) is 0 Å². The molecule has 19 heteroatoms. The van der Waals surface area contributed by atoms with Crippen molar-refractivity contribution in [3.63, 3.8) is 0 Å². The first-order chi connectivity index (χ1) is 56.9. The Morgan fingerprint density at radius 3 is 0.595 bits per heavy atom. The lowest BCUT2D eigenvalue weighted by molar-refractivity contribution is -0.137. The van der Waals surface area contributed by atoms with E-state index >= 15 is 22.0 Å². The Morgan fingerprint density at radius 1 is 0.190 bits per heavy atom. The molecule has 0 spiro atoms. The molecule has 0 N–H and O–H groups in total. The maximum Gasteiger partial charge on any atom is 0.417 e. The quantitative estimate of drug-likeness (QED) is 0.0894. The molecule has 20 aromatic rings. The third-order valence-corrected chi connectivity index (χ3v) is 20.4.